The van der Waals surface area contributed by atoms with Crippen molar-refractivity contribution in [2.45, 2.75) is 6.04 Å². The van der Waals surface area contributed by atoms with Gasteiger partial charge in [-0.05, 0) is 6.08 Å². The Morgan fingerprint density at radius 2 is 2.15 bits per heavy atom. The monoisotopic (exact) mass is 177 g/mol. The summed E-state index contributed by atoms with van der Waals surface area (Å²) in [5.41, 5.74) is 0.395. The summed E-state index contributed by atoms with van der Waals surface area (Å²) in [6.07, 6.45) is 9.76. The van der Waals surface area contributed by atoms with Crippen molar-refractivity contribution < 1.29 is 9.90 Å². The van der Waals surface area contributed by atoms with E-state index in [0.29, 0.717) is 5.70 Å². The van der Waals surface area contributed by atoms with Crippen LogP contribution in [0.3, 0.4) is 0 Å². The molecular weight excluding hydrogens is 166 g/mol. The minimum atomic E-state index is -0.848. The van der Waals surface area contributed by atoms with Gasteiger partial charge in [0.05, 0.1) is 6.04 Å². The van der Waals surface area contributed by atoms with Gasteiger partial charge in [0.15, 0.2) is 0 Å². The second-order valence-electron chi connectivity index (χ2n) is 3.31. The summed E-state index contributed by atoms with van der Waals surface area (Å²) in [4.78, 5) is 12.6. The van der Waals surface area contributed by atoms with Crippen molar-refractivity contribution in [2.24, 2.45) is 5.92 Å². The van der Waals surface area contributed by atoms with Crippen molar-refractivity contribution in [1.82, 2.24) is 4.90 Å². The maximum atomic E-state index is 10.8. The summed E-state index contributed by atoms with van der Waals surface area (Å²) in [6.45, 7) is 0. The minimum absolute atomic E-state index is 0.191. The second kappa shape index (κ2) is 2.76. The maximum Gasteiger partial charge on any atom is 0.351 e. The molecule has 0 aromatic rings. The fourth-order valence-electron chi connectivity index (χ4n) is 1.84. The summed E-state index contributed by atoms with van der Waals surface area (Å²) in [5, 5.41) is 8.87. The van der Waals surface area contributed by atoms with Gasteiger partial charge < -0.3 is 10.0 Å². The van der Waals surface area contributed by atoms with Crippen LogP contribution in [-0.2, 0) is 4.79 Å². The van der Waals surface area contributed by atoms with Gasteiger partial charge >= 0.3 is 5.97 Å². The molecule has 0 fully saturated rings. The smallest absolute Gasteiger partial charge is 0.351 e. The Morgan fingerprint density at radius 1 is 1.46 bits per heavy atom. The second-order valence-corrected chi connectivity index (χ2v) is 3.31. The quantitative estimate of drug-likeness (QED) is 0.649. The highest BCUT2D eigenvalue weighted by Crippen LogP contribution is 2.29. The third-order valence-electron chi connectivity index (χ3n) is 2.54. The molecule has 0 spiro atoms. The molecule has 0 amide bonds. The normalized spacial score (nSPS) is 30.2. The summed E-state index contributed by atoms with van der Waals surface area (Å²) in [6, 6.07) is 0.191. The van der Waals surface area contributed by atoms with Gasteiger partial charge in [-0.2, -0.15) is 0 Å². The molecular formula is C10H11NO2. The van der Waals surface area contributed by atoms with Crippen LogP contribution in [-0.4, -0.2) is 29.1 Å². The number of aliphatic carboxylic acids is 1. The molecule has 2 rings (SSSR count). The molecule has 1 N–H and O–H groups in total. The van der Waals surface area contributed by atoms with Crippen LogP contribution < -0.4 is 0 Å². The van der Waals surface area contributed by atoms with E-state index in [9.17, 15) is 4.79 Å². The van der Waals surface area contributed by atoms with E-state index in [0.717, 1.165) is 0 Å². The summed E-state index contributed by atoms with van der Waals surface area (Å²) < 4.78 is 0. The lowest BCUT2D eigenvalue weighted by molar-refractivity contribution is -0.134. The van der Waals surface area contributed by atoms with Crippen molar-refractivity contribution in [3.05, 3.63) is 36.1 Å². The molecule has 0 saturated carbocycles. The van der Waals surface area contributed by atoms with Crippen molar-refractivity contribution in [3.63, 3.8) is 0 Å². The highest BCUT2D eigenvalue weighted by Gasteiger charge is 2.32. The van der Waals surface area contributed by atoms with E-state index in [-0.39, 0.29) is 12.0 Å². The Kier molecular flexibility index (Phi) is 1.72. The minimum Gasteiger partial charge on any atom is -0.477 e. The molecule has 3 nitrogen and oxygen atoms in total. The SMILES string of the molecule is CN1C(C(=O)O)=CC2C=CC=CC21. The Morgan fingerprint density at radius 3 is 2.77 bits per heavy atom. The first-order valence-corrected chi connectivity index (χ1v) is 4.23. The largest absolute Gasteiger partial charge is 0.477 e. The van der Waals surface area contributed by atoms with E-state index in [4.69, 9.17) is 5.11 Å². The van der Waals surface area contributed by atoms with Gasteiger partial charge in [0.25, 0.3) is 0 Å². The predicted octanol–water partition coefficient (Wildman–Crippen LogP) is 1.01. The maximum absolute atomic E-state index is 10.8. The number of allylic oxidation sites excluding steroid dienone is 2. The number of hydrogen-bond donors (Lipinski definition) is 1. The molecule has 2 atom stereocenters. The molecule has 1 aliphatic carbocycles. The van der Waals surface area contributed by atoms with Crippen LogP contribution in [0.25, 0.3) is 0 Å². The summed E-state index contributed by atoms with van der Waals surface area (Å²) in [7, 11) is 1.81. The molecule has 0 saturated heterocycles. The Hall–Kier alpha value is -1.51. The van der Waals surface area contributed by atoms with Crippen LogP contribution in [0.15, 0.2) is 36.1 Å². The fourth-order valence-corrected chi connectivity index (χ4v) is 1.84. The van der Waals surface area contributed by atoms with Crippen LogP contribution in [0.1, 0.15) is 0 Å². The topological polar surface area (TPSA) is 40.5 Å². The van der Waals surface area contributed by atoms with Crippen molar-refractivity contribution in [2.75, 3.05) is 7.05 Å². The van der Waals surface area contributed by atoms with Gasteiger partial charge in [-0.3, -0.25) is 0 Å². The molecule has 3 heteroatoms. The molecule has 0 radical (unpaired) electrons. The third-order valence-corrected chi connectivity index (χ3v) is 2.54. The number of rotatable bonds is 1. The van der Waals surface area contributed by atoms with Gasteiger partial charge in [-0.15, -0.1) is 0 Å². The van der Waals surface area contributed by atoms with Gasteiger partial charge in [-0.25, -0.2) is 4.79 Å². The Labute approximate surface area is 76.7 Å². The van der Waals surface area contributed by atoms with Crippen molar-refractivity contribution in [3.8, 4) is 0 Å². The van der Waals surface area contributed by atoms with Gasteiger partial charge in [0.1, 0.15) is 5.70 Å². The fraction of sp³-hybridized carbons (Fsp3) is 0.300. The average molecular weight is 177 g/mol. The zero-order valence-corrected chi connectivity index (χ0v) is 7.34. The standard InChI is InChI=1S/C10H11NO2/c1-11-8-5-3-2-4-7(8)6-9(11)10(12)13/h2-8H,1H3,(H,12,13). The Bertz CT molecular complexity index is 328. The number of hydrogen-bond acceptors (Lipinski definition) is 2. The van der Waals surface area contributed by atoms with Crippen LogP contribution in [0.5, 0.6) is 0 Å². The van der Waals surface area contributed by atoms with E-state index in [1.54, 1.807) is 11.0 Å². The summed E-state index contributed by atoms with van der Waals surface area (Å²) >= 11 is 0. The first kappa shape index (κ1) is 8.10. The van der Waals surface area contributed by atoms with E-state index in [1.807, 2.05) is 31.4 Å². The van der Waals surface area contributed by atoms with Crippen LogP contribution in [0, 0.1) is 5.92 Å². The summed E-state index contributed by atoms with van der Waals surface area (Å²) in [5.74, 6) is -0.625. The molecule has 2 unspecified atom stereocenters. The number of carbonyl (C=O) groups is 1. The Balaban J connectivity index is 2.31. The number of nitrogens with zero attached hydrogens (tertiary/aromatic N) is 1. The molecule has 0 aromatic carbocycles. The van der Waals surface area contributed by atoms with E-state index < -0.39 is 5.97 Å². The van der Waals surface area contributed by atoms with E-state index in [2.05, 4.69) is 0 Å². The lowest BCUT2D eigenvalue weighted by atomic mass is 9.97. The number of fused-ring (bicyclic) bond motifs is 1. The molecule has 2 aliphatic rings. The molecule has 1 heterocycles. The number of carboxylic acid groups (broad SMARTS) is 1. The first-order chi connectivity index (χ1) is 6.20. The van der Waals surface area contributed by atoms with Gasteiger partial charge in [-0.1, -0.05) is 24.3 Å². The third kappa shape index (κ3) is 1.16. The predicted molar refractivity (Wildman–Crippen MR) is 49.0 cm³/mol. The molecule has 13 heavy (non-hydrogen) atoms. The van der Waals surface area contributed by atoms with Gasteiger partial charge in [0, 0.05) is 13.0 Å². The van der Waals surface area contributed by atoms with Crippen molar-refractivity contribution in [1.29, 1.82) is 0 Å². The van der Waals surface area contributed by atoms with E-state index >= 15 is 0 Å². The highest BCUT2D eigenvalue weighted by molar-refractivity contribution is 5.86. The van der Waals surface area contributed by atoms with Crippen LogP contribution in [0.2, 0.25) is 0 Å². The zero-order chi connectivity index (χ0) is 9.42. The molecule has 0 bridgehead atoms. The molecule has 68 valence electrons. The van der Waals surface area contributed by atoms with Crippen LogP contribution in [0.4, 0.5) is 0 Å². The van der Waals surface area contributed by atoms with E-state index in [1.165, 1.54) is 0 Å². The number of carboxylic acids is 1. The lowest BCUT2D eigenvalue weighted by Crippen LogP contribution is -2.31. The highest BCUT2D eigenvalue weighted by atomic mass is 16.4. The number of likely N-dealkylation sites (N-methyl/N-ethyl adjacent to an activating group) is 1. The first-order valence-electron chi connectivity index (χ1n) is 4.23. The lowest BCUT2D eigenvalue weighted by Gasteiger charge is -2.24. The van der Waals surface area contributed by atoms with Crippen molar-refractivity contribution >= 4 is 5.97 Å². The molecule has 1 aliphatic heterocycles. The molecule has 0 aromatic heterocycles. The average Bonchev–Trinajstić information content (AvgIpc) is 2.45. The van der Waals surface area contributed by atoms with Gasteiger partial charge in [0.2, 0.25) is 0 Å². The van der Waals surface area contributed by atoms with Crippen LogP contribution >= 0.6 is 0 Å². The zero-order valence-electron chi connectivity index (χ0n) is 7.34.